The first kappa shape index (κ1) is 14.3. The van der Waals surface area contributed by atoms with E-state index in [0.29, 0.717) is 17.4 Å². The Kier molecular flexibility index (Phi) is 4.47. The summed E-state index contributed by atoms with van der Waals surface area (Å²) in [6.07, 6.45) is 2.56. The molecule has 2 N–H and O–H groups in total. The molecule has 1 fully saturated rings. The maximum atomic E-state index is 12.0. The van der Waals surface area contributed by atoms with Gasteiger partial charge in [-0.25, -0.2) is 4.79 Å². The van der Waals surface area contributed by atoms with Crippen LogP contribution in [-0.4, -0.2) is 23.0 Å². The molecule has 0 unspecified atom stereocenters. The lowest BCUT2D eigenvalue weighted by Gasteiger charge is -2.14. The maximum absolute atomic E-state index is 12.0. The SMILES string of the molecule is O=C(N[C@@H](CC1CC1)C(=O)O)c1ccc(Br)cc1Cl. The van der Waals surface area contributed by atoms with Crippen LogP contribution in [0.15, 0.2) is 22.7 Å². The van der Waals surface area contributed by atoms with E-state index in [1.54, 1.807) is 18.2 Å². The molecule has 0 saturated heterocycles. The van der Waals surface area contributed by atoms with Crippen LogP contribution in [0.5, 0.6) is 0 Å². The molecular weight excluding hydrogens is 334 g/mol. The van der Waals surface area contributed by atoms with Gasteiger partial charge in [0, 0.05) is 4.47 Å². The smallest absolute Gasteiger partial charge is 0.326 e. The lowest BCUT2D eigenvalue weighted by molar-refractivity contribution is -0.139. The monoisotopic (exact) mass is 345 g/mol. The Morgan fingerprint density at radius 2 is 2.16 bits per heavy atom. The van der Waals surface area contributed by atoms with Crippen LogP contribution in [0.4, 0.5) is 0 Å². The Morgan fingerprint density at radius 3 is 2.68 bits per heavy atom. The van der Waals surface area contributed by atoms with Gasteiger partial charge in [0.25, 0.3) is 5.91 Å². The van der Waals surface area contributed by atoms with Crippen LogP contribution in [0.25, 0.3) is 0 Å². The molecule has 1 amide bonds. The summed E-state index contributed by atoms with van der Waals surface area (Å²) >= 11 is 9.22. The van der Waals surface area contributed by atoms with Gasteiger partial charge in [0.05, 0.1) is 10.6 Å². The van der Waals surface area contributed by atoms with E-state index in [1.165, 1.54) is 0 Å². The number of carbonyl (C=O) groups excluding carboxylic acids is 1. The molecule has 6 heteroatoms. The second-order valence-electron chi connectivity index (χ2n) is 4.67. The minimum Gasteiger partial charge on any atom is -0.480 e. The summed E-state index contributed by atoms with van der Waals surface area (Å²) < 4.78 is 0.766. The van der Waals surface area contributed by atoms with Gasteiger partial charge < -0.3 is 10.4 Å². The number of nitrogens with one attached hydrogen (secondary N) is 1. The summed E-state index contributed by atoms with van der Waals surface area (Å²) in [6.45, 7) is 0. The number of carbonyl (C=O) groups is 2. The van der Waals surface area contributed by atoms with E-state index in [4.69, 9.17) is 16.7 Å². The van der Waals surface area contributed by atoms with E-state index >= 15 is 0 Å². The van der Waals surface area contributed by atoms with Gasteiger partial charge in [-0.2, -0.15) is 0 Å². The van der Waals surface area contributed by atoms with E-state index < -0.39 is 17.9 Å². The number of carboxylic acids is 1. The fourth-order valence-electron chi connectivity index (χ4n) is 1.82. The van der Waals surface area contributed by atoms with Crippen LogP contribution in [0.1, 0.15) is 29.6 Å². The average molecular weight is 347 g/mol. The standard InChI is InChI=1S/C13H13BrClNO3/c14-8-3-4-9(10(15)6-8)12(17)16-11(13(18)19)5-7-1-2-7/h3-4,6-7,11H,1-2,5H2,(H,16,17)(H,18,19)/t11-/m0/s1. The summed E-state index contributed by atoms with van der Waals surface area (Å²) in [6, 6.07) is 4.02. The van der Waals surface area contributed by atoms with Crippen molar-refractivity contribution < 1.29 is 14.7 Å². The molecule has 0 bridgehead atoms. The molecule has 0 aliphatic heterocycles. The second kappa shape index (κ2) is 5.92. The van der Waals surface area contributed by atoms with Crippen molar-refractivity contribution >= 4 is 39.4 Å². The minimum atomic E-state index is -1.01. The summed E-state index contributed by atoms with van der Waals surface area (Å²) in [5.74, 6) is -1.04. The Hall–Kier alpha value is -1.07. The van der Waals surface area contributed by atoms with Crippen molar-refractivity contribution in [3.63, 3.8) is 0 Å². The molecule has 0 heterocycles. The van der Waals surface area contributed by atoms with Gasteiger partial charge in [-0.05, 0) is 30.5 Å². The zero-order valence-electron chi connectivity index (χ0n) is 10.0. The molecule has 102 valence electrons. The zero-order valence-corrected chi connectivity index (χ0v) is 12.4. The molecule has 1 atom stereocenters. The third-order valence-corrected chi connectivity index (χ3v) is 3.85. The fourth-order valence-corrected chi connectivity index (χ4v) is 2.58. The van der Waals surface area contributed by atoms with Crippen LogP contribution in [0, 0.1) is 5.92 Å². The topological polar surface area (TPSA) is 66.4 Å². The highest BCUT2D eigenvalue weighted by Gasteiger charge is 2.30. The van der Waals surface area contributed by atoms with Gasteiger partial charge in [0.2, 0.25) is 0 Å². The van der Waals surface area contributed by atoms with Crippen molar-refractivity contribution in [2.45, 2.75) is 25.3 Å². The number of hydrogen-bond acceptors (Lipinski definition) is 2. The van der Waals surface area contributed by atoms with E-state index in [2.05, 4.69) is 21.2 Å². The van der Waals surface area contributed by atoms with Gasteiger partial charge >= 0.3 is 5.97 Å². The first-order valence-corrected chi connectivity index (χ1v) is 7.13. The van der Waals surface area contributed by atoms with E-state index in [-0.39, 0.29) is 5.56 Å². The summed E-state index contributed by atoms with van der Waals surface area (Å²) in [5, 5.41) is 11.9. The third-order valence-electron chi connectivity index (χ3n) is 3.05. The number of hydrogen-bond donors (Lipinski definition) is 2. The number of amides is 1. The number of aliphatic carboxylic acids is 1. The summed E-state index contributed by atoms with van der Waals surface area (Å²) in [7, 11) is 0. The van der Waals surface area contributed by atoms with E-state index in [9.17, 15) is 9.59 Å². The van der Waals surface area contributed by atoms with Gasteiger partial charge in [-0.15, -0.1) is 0 Å². The predicted octanol–water partition coefficient (Wildman–Crippen LogP) is 3.09. The van der Waals surface area contributed by atoms with Crippen molar-refractivity contribution in [2.24, 2.45) is 5.92 Å². The Labute approximate surface area is 124 Å². The highest BCUT2D eigenvalue weighted by Crippen LogP contribution is 2.33. The van der Waals surface area contributed by atoms with Gasteiger partial charge in [0.15, 0.2) is 0 Å². The minimum absolute atomic E-state index is 0.284. The van der Waals surface area contributed by atoms with E-state index in [0.717, 1.165) is 17.3 Å². The molecule has 1 aliphatic carbocycles. The molecule has 1 aliphatic rings. The van der Waals surface area contributed by atoms with Crippen LogP contribution < -0.4 is 5.32 Å². The number of halogens is 2. The number of carboxylic acid groups (broad SMARTS) is 1. The molecule has 2 rings (SSSR count). The Morgan fingerprint density at radius 1 is 1.47 bits per heavy atom. The normalized spacial score (nSPS) is 15.9. The molecule has 19 heavy (non-hydrogen) atoms. The fraction of sp³-hybridized carbons (Fsp3) is 0.385. The van der Waals surface area contributed by atoms with Gasteiger partial charge in [-0.3, -0.25) is 4.79 Å². The van der Waals surface area contributed by atoms with Crippen LogP contribution in [0.3, 0.4) is 0 Å². The van der Waals surface area contributed by atoms with Crippen LogP contribution in [-0.2, 0) is 4.79 Å². The molecule has 0 aromatic heterocycles. The molecule has 1 aromatic carbocycles. The highest BCUT2D eigenvalue weighted by molar-refractivity contribution is 9.10. The molecule has 0 radical (unpaired) electrons. The Balaban J connectivity index is 2.07. The summed E-state index contributed by atoms with van der Waals surface area (Å²) in [5.41, 5.74) is 0.284. The van der Waals surface area contributed by atoms with Crippen molar-refractivity contribution in [3.8, 4) is 0 Å². The first-order chi connectivity index (χ1) is 8.97. The van der Waals surface area contributed by atoms with Gasteiger partial charge in [-0.1, -0.05) is 40.4 Å². The average Bonchev–Trinajstić information content (AvgIpc) is 3.11. The summed E-state index contributed by atoms with van der Waals surface area (Å²) in [4.78, 5) is 23.1. The largest absolute Gasteiger partial charge is 0.480 e. The highest BCUT2D eigenvalue weighted by atomic mass is 79.9. The molecule has 1 saturated carbocycles. The zero-order chi connectivity index (χ0) is 14.0. The number of rotatable bonds is 5. The van der Waals surface area contributed by atoms with Crippen molar-refractivity contribution in [1.82, 2.24) is 5.32 Å². The second-order valence-corrected chi connectivity index (χ2v) is 5.99. The van der Waals surface area contributed by atoms with Crippen molar-refractivity contribution in [1.29, 1.82) is 0 Å². The van der Waals surface area contributed by atoms with E-state index in [1.807, 2.05) is 0 Å². The Bertz CT molecular complexity index is 517. The number of benzene rings is 1. The van der Waals surface area contributed by atoms with Gasteiger partial charge in [0.1, 0.15) is 6.04 Å². The molecule has 4 nitrogen and oxygen atoms in total. The lowest BCUT2D eigenvalue weighted by Crippen LogP contribution is -2.41. The van der Waals surface area contributed by atoms with Crippen LogP contribution >= 0.6 is 27.5 Å². The third kappa shape index (κ3) is 3.94. The lowest BCUT2D eigenvalue weighted by atomic mass is 10.1. The first-order valence-electron chi connectivity index (χ1n) is 5.96. The predicted molar refractivity (Wildman–Crippen MR) is 75.4 cm³/mol. The maximum Gasteiger partial charge on any atom is 0.326 e. The molecule has 0 spiro atoms. The molecule has 1 aromatic rings. The molecular formula is C13H13BrClNO3. The van der Waals surface area contributed by atoms with Crippen molar-refractivity contribution in [3.05, 3.63) is 33.3 Å². The quantitative estimate of drug-likeness (QED) is 0.861. The van der Waals surface area contributed by atoms with Crippen LogP contribution in [0.2, 0.25) is 5.02 Å². The van der Waals surface area contributed by atoms with Crippen molar-refractivity contribution in [2.75, 3.05) is 0 Å².